The van der Waals surface area contributed by atoms with Crippen LogP contribution in [0.5, 0.6) is 17.2 Å². The van der Waals surface area contributed by atoms with Crippen molar-refractivity contribution in [2.45, 2.75) is 19.0 Å². The second kappa shape index (κ2) is 8.95. The van der Waals surface area contributed by atoms with Gasteiger partial charge in [0.1, 0.15) is 29.3 Å². The highest BCUT2D eigenvalue weighted by molar-refractivity contribution is 6.09. The highest BCUT2D eigenvalue weighted by Crippen LogP contribution is 2.30. The predicted molar refractivity (Wildman–Crippen MR) is 112 cm³/mol. The van der Waals surface area contributed by atoms with Crippen molar-refractivity contribution >= 4 is 17.8 Å². The Hall–Kier alpha value is -3.75. The molecule has 0 aliphatic carbocycles. The van der Waals surface area contributed by atoms with Gasteiger partial charge in [0.2, 0.25) is 5.91 Å². The average molecular weight is 427 g/mol. The molecule has 1 aliphatic rings. The number of rotatable bonds is 8. The molecular weight excluding hydrogens is 402 g/mol. The van der Waals surface area contributed by atoms with Crippen LogP contribution in [0.2, 0.25) is 0 Å². The van der Waals surface area contributed by atoms with Crippen LogP contribution in [0.1, 0.15) is 18.1 Å². The van der Waals surface area contributed by atoms with E-state index in [1.54, 1.807) is 63.6 Å². The molecular formula is C22H25N3O6. The molecule has 2 N–H and O–H groups in total. The van der Waals surface area contributed by atoms with E-state index in [1.807, 2.05) is 0 Å². The van der Waals surface area contributed by atoms with Gasteiger partial charge in [-0.05, 0) is 42.8 Å². The lowest BCUT2D eigenvalue weighted by molar-refractivity contribution is -0.134. The van der Waals surface area contributed by atoms with Gasteiger partial charge in [-0.2, -0.15) is 0 Å². The third-order valence-electron chi connectivity index (χ3n) is 5.21. The van der Waals surface area contributed by atoms with Crippen molar-refractivity contribution in [1.29, 1.82) is 0 Å². The molecule has 1 saturated heterocycles. The Morgan fingerprint density at radius 1 is 1.00 bits per heavy atom. The first-order valence-electron chi connectivity index (χ1n) is 9.58. The van der Waals surface area contributed by atoms with E-state index in [0.717, 1.165) is 4.90 Å². The largest absolute Gasteiger partial charge is 0.497 e. The maximum atomic E-state index is 13.0. The van der Waals surface area contributed by atoms with E-state index < -0.39 is 29.9 Å². The highest BCUT2D eigenvalue weighted by Gasteiger charge is 2.49. The average Bonchev–Trinajstić information content (AvgIpc) is 3.01. The number of carbonyl (C=O) groups excluding carboxylic acids is 3. The maximum absolute atomic E-state index is 13.0. The van der Waals surface area contributed by atoms with Crippen LogP contribution < -0.4 is 24.8 Å². The highest BCUT2D eigenvalue weighted by atomic mass is 16.5. The molecule has 0 unspecified atom stereocenters. The maximum Gasteiger partial charge on any atom is 0.325 e. The summed E-state index contributed by atoms with van der Waals surface area (Å²) in [4.78, 5) is 38.8. The number of hydrogen-bond acceptors (Lipinski definition) is 6. The standard InChI is InChI=1S/C22H25N3O6/c1-22(15-5-7-16(29-2)8-6-15)20(27)25(21(28)24-22)13-19(26)23-12-14-11-17(30-3)9-10-18(14)31-4/h5-11H,12-13H2,1-4H3,(H,23,26)(H,24,28)/t22-/m0/s1. The fourth-order valence-corrected chi connectivity index (χ4v) is 3.37. The van der Waals surface area contributed by atoms with Crippen molar-refractivity contribution in [2.75, 3.05) is 27.9 Å². The summed E-state index contributed by atoms with van der Waals surface area (Å²) in [5.41, 5.74) is 0.0331. The molecule has 9 heteroatoms. The van der Waals surface area contributed by atoms with Crippen LogP contribution >= 0.6 is 0 Å². The fraction of sp³-hybridized carbons (Fsp3) is 0.318. The molecule has 0 aromatic heterocycles. The van der Waals surface area contributed by atoms with Crippen LogP contribution in [-0.2, 0) is 21.7 Å². The van der Waals surface area contributed by atoms with Crippen LogP contribution in [0.15, 0.2) is 42.5 Å². The van der Waals surface area contributed by atoms with E-state index >= 15 is 0 Å². The molecule has 1 aliphatic heterocycles. The van der Waals surface area contributed by atoms with Crippen molar-refractivity contribution in [3.05, 3.63) is 53.6 Å². The van der Waals surface area contributed by atoms with Crippen LogP contribution in [0, 0.1) is 0 Å². The first kappa shape index (κ1) is 21.9. The van der Waals surface area contributed by atoms with Gasteiger partial charge in [0.25, 0.3) is 5.91 Å². The number of ether oxygens (including phenoxy) is 3. The van der Waals surface area contributed by atoms with Gasteiger partial charge in [-0.1, -0.05) is 12.1 Å². The zero-order valence-electron chi connectivity index (χ0n) is 17.9. The Kier molecular flexibility index (Phi) is 6.33. The Morgan fingerprint density at radius 3 is 2.26 bits per heavy atom. The van der Waals surface area contributed by atoms with Crippen LogP contribution in [-0.4, -0.2) is 50.6 Å². The molecule has 3 rings (SSSR count). The number of methoxy groups -OCH3 is 3. The SMILES string of the molecule is COc1ccc([C@]2(C)NC(=O)N(CC(=O)NCc3cc(OC)ccc3OC)C2=O)cc1. The lowest BCUT2D eigenvalue weighted by Crippen LogP contribution is -2.43. The summed E-state index contributed by atoms with van der Waals surface area (Å²) in [5.74, 6) is 0.857. The third-order valence-corrected chi connectivity index (χ3v) is 5.21. The number of imide groups is 1. The van der Waals surface area contributed by atoms with E-state index in [9.17, 15) is 14.4 Å². The summed E-state index contributed by atoms with van der Waals surface area (Å²) < 4.78 is 15.6. The van der Waals surface area contributed by atoms with E-state index in [1.165, 1.54) is 7.11 Å². The zero-order chi connectivity index (χ0) is 22.6. The summed E-state index contributed by atoms with van der Waals surface area (Å²) in [7, 11) is 4.61. The van der Waals surface area contributed by atoms with Gasteiger partial charge in [0.15, 0.2) is 0 Å². The molecule has 0 saturated carbocycles. The first-order valence-corrected chi connectivity index (χ1v) is 9.58. The second-order valence-electron chi connectivity index (χ2n) is 7.13. The monoisotopic (exact) mass is 427 g/mol. The molecule has 164 valence electrons. The second-order valence-corrected chi connectivity index (χ2v) is 7.13. The summed E-state index contributed by atoms with van der Waals surface area (Å²) in [6.07, 6.45) is 0. The van der Waals surface area contributed by atoms with Crippen molar-refractivity contribution in [3.63, 3.8) is 0 Å². The van der Waals surface area contributed by atoms with Crippen LogP contribution in [0.4, 0.5) is 4.79 Å². The summed E-state index contributed by atoms with van der Waals surface area (Å²) in [5, 5.41) is 5.39. The van der Waals surface area contributed by atoms with Gasteiger partial charge in [-0.25, -0.2) is 4.79 Å². The number of benzene rings is 2. The predicted octanol–water partition coefficient (Wildman–Crippen LogP) is 1.80. The Labute approximate surface area is 180 Å². The molecule has 4 amide bonds. The van der Waals surface area contributed by atoms with Crippen molar-refractivity contribution in [2.24, 2.45) is 0 Å². The lowest BCUT2D eigenvalue weighted by Gasteiger charge is -2.22. The zero-order valence-corrected chi connectivity index (χ0v) is 17.9. The van der Waals surface area contributed by atoms with E-state index in [0.29, 0.717) is 28.4 Å². The number of hydrogen-bond donors (Lipinski definition) is 2. The third kappa shape index (κ3) is 4.40. The molecule has 1 heterocycles. The topological polar surface area (TPSA) is 106 Å². The summed E-state index contributed by atoms with van der Waals surface area (Å²) >= 11 is 0. The van der Waals surface area contributed by atoms with Gasteiger partial charge in [0, 0.05) is 12.1 Å². The molecule has 0 radical (unpaired) electrons. The van der Waals surface area contributed by atoms with Crippen molar-refractivity contribution in [3.8, 4) is 17.2 Å². The molecule has 1 fully saturated rings. The number of carbonyl (C=O) groups is 3. The minimum atomic E-state index is -1.26. The summed E-state index contributed by atoms with van der Waals surface area (Å²) in [6, 6.07) is 11.4. The quantitative estimate of drug-likeness (QED) is 0.623. The van der Waals surface area contributed by atoms with Gasteiger partial charge in [-0.15, -0.1) is 0 Å². The minimum Gasteiger partial charge on any atom is -0.497 e. The lowest BCUT2D eigenvalue weighted by atomic mass is 9.92. The summed E-state index contributed by atoms with van der Waals surface area (Å²) in [6.45, 7) is 1.36. The number of amides is 4. The van der Waals surface area contributed by atoms with Crippen LogP contribution in [0.3, 0.4) is 0 Å². The molecule has 31 heavy (non-hydrogen) atoms. The van der Waals surface area contributed by atoms with Gasteiger partial charge in [-0.3, -0.25) is 14.5 Å². The minimum absolute atomic E-state index is 0.151. The van der Waals surface area contributed by atoms with E-state index in [4.69, 9.17) is 14.2 Å². The van der Waals surface area contributed by atoms with E-state index in [2.05, 4.69) is 10.6 Å². The molecule has 0 bridgehead atoms. The molecule has 9 nitrogen and oxygen atoms in total. The smallest absolute Gasteiger partial charge is 0.325 e. The van der Waals surface area contributed by atoms with Crippen molar-refractivity contribution < 1.29 is 28.6 Å². The van der Waals surface area contributed by atoms with Gasteiger partial charge >= 0.3 is 6.03 Å². The van der Waals surface area contributed by atoms with Crippen molar-refractivity contribution in [1.82, 2.24) is 15.5 Å². The number of nitrogens with one attached hydrogen (secondary N) is 2. The van der Waals surface area contributed by atoms with E-state index in [-0.39, 0.29) is 6.54 Å². The van der Waals surface area contributed by atoms with Crippen LogP contribution in [0.25, 0.3) is 0 Å². The first-order chi connectivity index (χ1) is 14.8. The van der Waals surface area contributed by atoms with Gasteiger partial charge in [0.05, 0.1) is 21.3 Å². The molecule has 1 atom stereocenters. The normalized spacial score (nSPS) is 17.9. The molecule has 2 aromatic carbocycles. The Morgan fingerprint density at radius 2 is 1.65 bits per heavy atom. The number of nitrogens with zero attached hydrogens (tertiary/aromatic N) is 1. The number of urea groups is 1. The fourth-order valence-electron chi connectivity index (χ4n) is 3.37. The molecule has 0 spiro atoms. The Bertz CT molecular complexity index is 991. The Balaban J connectivity index is 1.67. The van der Waals surface area contributed by atoms with Gasteiger partial charge < -0.3 is 24.8 Å². The molecule has 2 aromatic rings.